The van der Waals surface area contributed by atoms with E-state index in [2.05, 4.69) is 24.5 Å². The summed E-state index contributed by atoms with van der Waals surface area (Å²) in [6.45, 7) is 7.17. The van der Waals surface area contributed by atoms with E-state index in [1.165, 1.54) is 0 Å². The fourth-order valence-electron chi connectivity index (χ4n) is 2.56. The van der Waals surface area contributed by atoms with Gasteiger partial charge in [0.05, 0.1) is 12.1 Å². The lowest BCUT2D eigenvalue weighted by Gasteiger charge is -2.24. The fourth-order valence-corrected chi connectivity index (χ4v) is 2.56. The molecule has 0 heterocycles. The van der Waals surface area contributed by atoms with Crippen LogP contribution in [0, 0.1) is 5.92 Å². The first-order chi connectivity index (χ1) is 11.4. The molecular formula is C19H33N3O2. The lowest BCUT2D eigenvalue weighted by Crippen LogP contribution is -2.50. The summed E-state index contributed by atoms with van der Waals surface area (Å²) in [6, 6.07) is 9.22. The van der Waals surface area contributed by atoms with Crippen LogP contribution in [-0.2, 0) is 11.2 Å². The first-order valence-corrected chi connectivity index (χ1v) is 8.92. The second-order valence-electron chi connectivity index (χ2n) is 6.80. The van der Waals surface area contributed by atoms with E-state index in [0.717, 1.165) is 18.4 Å². The number of aliphatic hydroxyl groups is 1. The second-order valence-corrected chi connectivity index (χ2v) is 6.80. The van der Waals surface area contributed by atoms with Crippen molar-refractivity contribution in [2.45, 2.75) is 58.2 Å². The van der Waals surface area contributed by atoms with Gasteiger partial charge in [-0.05, 0) is 30.7 Å². The summed E-state index contributed by atoms with van der Waals surface area (Å²) >= 11 is 0. The molecule has 5 heteroatoms. The molecule has 0 aliphatic heterocycles. The summed E-state index contributed by atoms with van der Waals surface area (Å²) in [5.74, 6) is 0.388. The number of carbonyl (C=O) groups excluding carboxylic acids is 1. The van der Waals surface area contributed by atoms with Crippen LogP contribution >= 0.6 is 0 Å². The van der Waals surface area contributed by atoms with Crippen LogP contribution in [-0.4, -0.2) is 42.3 Å². The third-order valence-electron chi connectivity index (χ3n) is 3.95. The number of benzene rings is 1. The minimum atomic E-state index is -0.696. The Kier molecular flexibility index (Phi) is 9.60. The van der Waals surface area contributed by atoms with Crippen molar-refractivity contribution in [2.75, 3.05) is 13.1 Å². The maximum Gasteiger partial charge on any atom is 0.237 e. The fraction of sp³-hybridized carbons (Fsp3) is 0.632. The summed E-state index contributed by atoms with van der Waals surface area (Å²) in [5.41, 5.74) is 7.20. The Bertz CT molecular complexity index is 465. The van der Waals surface area contributed by atoms with Gasteiger partial charge in [0.1, 0.15) is 0 Å². The molecular weight excluding hydrogens is 302 g/mol. The van der Waals surface area contributed by atoms with Gasteiger partial charge in [0, 0.05) is 19.1 Å². The normalized spacial score (nSPS) is 15.1. The molecule has 1 amide bonds. The smallest absolute Gasteiger partial charge is 0.237 e. The molecule has 0 spiro atoms. The van der Waals surface area contributed by atoms with Crippen molar-refractivity contribution in [2.24, 2.45) is 11.7 Å². The van der Waals surface area contributed by atoms with Gasteiger partial charge >= 0.3 is 0 Å². The lowest BCUT2D eigenvalue weighted by atomic mass is 10.00. The van der Waals surface area contributed by atoms with Gasteiger partial charge in [-0.1, -0.05) is 51.1 Å². The molecule has 136 valence electrons. The summed E-state index contributed by atoms with van der Waals surface area (Å²) in [4.78, 5) is 12.2. The van der Waals surface area contributed by atoms with E-state index in [4.69, 9.17) is 5.73 Å². The molecule has 0 saturated heterocycles. The molecule has 3 atom stereocenters. The van der Waals surface area contributed by atoms with Crippen LogP contribution in [0.2, 0.25) is 0 Å². The molecule has 0 aromatic heterocycles. The van der Waals surface area contributed by atoms with E-state index in [1.54, 1.807) is 0 Å². The van der Waals surface area contributed by atoms with Gasteiger partial charge < -0.3 is 21.5 Å². The van der Waals surface area contributed by atoms with Crippen LogP contribution in [0.3, 0.4) is 0 Å². The number of nitrogens with two attached hydrogens (primary N) is 1. The molecule has 0 unspecified atom stereocenters. The quantitative estimate of drug-likeness (QED) is 0.493. The van der Waals surface area contributed by atoms with Crippen LogP contribution in [0.1, 0.15) is 39.2 Å². The predicted octanol–water partition coefficient (Wildman–Crippen LogP) is 1.45. The van der Waals surface area contributed by atoms with Crippen LogP contribution in [0.5, 0.6) is 0 Å². The molecule has 0 bridgehead atoms. The predicted molar refractivity (Wildman–Crippen MR) is 98.7 cm³/mol. The SMILES string of the molecule is CCCNC(=O)[C@@H](CC(C)C)NC[C@@H](O)[C@@H](N)Cc1ccccc1. The minimum Gasteiger partial charge on any atom is -0.390 e. The Morgan fingerprint density at radius 1 is 1.25 bits per heavy atom. The van der Waals surface area contributed by atoms with Crippen molar-refractivity contribution >= 4 is 5.91 Å². The highest BCUT2D eigenvalue weighted by Gasteiger charge is 2.22. The van der Waals surface area contributed by atoms with Crippen molar-refractivity contribution < 1.29 is 9.90 Å². The molecule has 0 radical (unpaired) electrons. The molecule has 0 aliphatic rings. The molecule has 1 rings (SSSR count). The number of aliphatic hydroxyl groups excluding tert-OH is 1. The van der Waals surface area contributed by atoms with Crippen molar-refractivity contribution in [3.8, 4) is 0 Å². The number of hydrogen-bond acceptors (Lipinski definition) is 4. The van der Waals surface area contributed by atoms with Crippen molar-refractivity contribution in [1.29, 1.82) is 0 Å². The van der Waals surface area contributed by atoms with E-state index in [-0.39, 0.29) is 18.0 Å². The van der Waals surface area contributed by atoms with Gasteiger partial charge in [-0.2, -0.15) is 0 Å². The topological polar surface area (TPSA) is 87.4 Å². The number of rotatable bonds is 11. The Morgan fingerprint density at radius 3 is 2.50 bits per heavy atom. The lowest BCUT2D eigenvalue weighted by molar-refractivity contribution is -0.123. The van der Waals surface area contributed by atoms with E-state index in [9.17, 15) is 9.90 Å². The van der Waals surface area contributed by atoms with Crippen LogP contribution in [0.15, 0.2) is 30.3 Å². The van der Waals surface area contributed by atoms with Gasteiger partial charge in [0.2, 0.25) is 5.91 Å². The molecule has 24 heavy (non-hydrogen) atoms. The molecule has 0 fully saturated rings. The summed E-state index contributed by atoms with van der Waals surface area (Å²) in [5, 5.41) is 16.4. The Balaban J connectivity index is 2.49. The molecule has 0 aliphatic carbocycles. The van der Waals surface area contributed by atoms with Crippen LogP contribution < -0.4 is 16.4 Å². The first-order valence-electron chi connectivity index (χ1n) is 8.92. The zero-order chi connectivity index (χ0) is 17.9. The third kappa shape index (κ3) is 7.90. The molecule has 1 aromatic carbocycles. The molecule has 5 N–H and O–H groups in total. The van der Waals surface area contributed by atoms with Gasteiger partial charge in [-0.15, -0.1) is 0 Å². The average Bonchev–Trinajstić information content (AvgIpc) is 2.56. The molecule has 5 nitrogen and oxygen atoms in total. The maximum atomic E-state index is 12.2. The van der Waals surface area contributed by atoms with Crippen molar-refractivity contribution in [3.05, 3.63) is 35.9 Å². The summed E-state index contributed by atoms with van der Waals surface area (Å²) < 4.78 is 0. The monoisotopic (exact) mass is 335 g/mol. The van der Waals surface area contributed by atoms with Gasteiger partial charge in [0.25, 0.3) is 0 Å². The Hall–Kier alpha value is -1.43. The Labute approximate surface area is 146 Å². The van der Waals surface area contributed by atoms with Gasteiger partial charge in [-0.25, -0.2) is 0 Å². The van der Waals surface area contributed by atoms with E-state index < -0.39 is 6.10 Å². The van der Waals surface area contributed by atoms with Gasteiger partial charge in [0.15, 0.2) is 0 Å². The molecule has 0 saturated carbocycles. The number of carbonyl (C=O) groups is 1. The highest BCUT2D eigenvalue weighted by atomic mass is 16.3. The second kappa shape index (κ2) is 11.2. The zero-order valence-electron chi connectivity index (χ0n) is 15.2. The highest BCUT2D eigenvalue weighted by Crippen LogP contribution is 2.07. The highest BCUT2D eigenvalue weighted by molar-refractivity contribution is 5.81. The largest absolute Gasteiger partial charge is 0.390 e. The van der Waals surface area contributed by atoms with Crippen molar-refractivity contribution in [1.82, 2.24) is 10.6 Å². The third-order valence-corrected chi connectivity index (χ3v) is 3.95. The molecule has 1 aromatic rings. The van der Waals surface area contributed by atoms with E-state index in [1.807, 2.05) is 37.3 Å². The number of amides is 1. The van der Waals surface area contributed by atoms with Gasteiger partial charge in [-0.3, -0.25) is 4.79 Å². The first kappa shape index (κ1) is 20.6. The van der Waals surface area contributed by atoms with E-state index in [0.29, 0.717) is 25.4 Å². The van der Waals surface area contributed by atoms with Crippen LogP contribution in [0.25, 0.3) is 0 Å². The zero-order valence-corrected chi connectivity index (χ0v) is 15.2. The maximum absolute atomic E-state index is 12.2. The summed E-state index contributed by atoms with van der Waals surface area (Å²) in [6.07, 6.45) is 1.56. The van der Waals surface area contributed by atoms with Crippen LogP contribution in [0.4, 0.5) is 0 Å². The average molecular weight is 335 g/mol. The minimum absolute atomic E-state index is 0.00520. The standard InChI is InChI=1S/C19H33N3O2/c1-4-10-21-19(24)17(11-14(2)3)22-13-18(23)16(20)12-15-8-6-5-7-9-15/h5-9,14,16-18,22-23H,4,10-13,20H2,1-3H3,(H,21,24)/t16-,17+,18+/m0/s1. The summed E-state index contributed by atoms with van der Waals surface area (Å²) in [7, 11) is 0. The number of hydrogen-bond donors (Lipinski definition) is 4. The number of nitrogens with one attached hydrogen (secondary N) is 2. The van der Waals surface area contributed by atoms with Crippen molar-refractivity contribution in [3.63, 3.8) is 0 Å². The van der Waals surface area contributed by atoms with E-state index >= 15 is 0 Å². The Morgan fingerprint density at radius 2 is 1.92 bits per heavy atom.